The first-order valence-electron chi connectivity index (χ1n) is 7.63. The van der Waals surface area contributed by atoms with Crippen molar-refractivity contribution in [1.29, 1.82) is 0 Å². The van der Waals surface area contributed by atoms with Gasteiger partial charge in [0.15, 0.2) is 0 Å². The lowest BCUT2D eigenvalue weighted by Gasteiger charge is -1.95. The van der Waals surface area contributed by atoms with Crippen LogP contribution >= 0.6 is 0 Å². The summed E-state index contributed by atoms with van der Waals surface area (Å²) in [5.74, 6) is 0.363. The first-order valence-corrected chi connectivity index (χ1v) is 7.63. The van der Waals surface area contributed by atoms with E-state index in [4.69, 9.17) is 0 Å². The van der Waals surface area contributed by atoms with Gasteiger partial charge in [0.25, 0.3) is 0 Å². The number of hydrogen-bond donors (Lipinski definition) is 0. The van der Waals surface area contributed by atoms with Gasteiger partial charge in [0.05, 0.1) is 0 Å². The quantitative estimate of drug-likeness (QED) is 0.325. The van der Waals surface area contributed by atoms with E-state index in [2.05, 4.69) is 31.2 Å². The maximum atomic E-state index is 11.0. The first-order chi connectivity index (χ1) is 8.81. The molecule has 0 saturated carbocycles. The molecule has 0 aromatic heterocycles. The predicted molar refractivity (Wildman–Crippen MR) is 80.8 cm³/mol. The molecule has 0 bridgehead atoms. The highest BCUT2D eigenvalue weighted by atomic mass is 16.1. The Hall–Kier alpha value is -0.850. The molecule has 1 heteroatoms. The molecule has 0 N–H and O–H groups in total. The lowest BCUT2D eigenvalue weighted by atomic mass is 10.1. The number of carbonyl (C=O) groups excluding carboxylic acids is 1. The molecule has 0 aliphatic carbocycles. The Bertz CT molecular complexity index is 238. The van der Waals surface area contributed by atoms with E-state index in [1.54, 1.807) is 0 Å². The first kappa shape index (κ1) is 17.2. The predicted octanol–water partition coefficient (Wildman–Crippen LogP) is 5.61. The number of ketones is 1. The molecule has 0 spiro atoms. The van der Waals surface area contributed by atoms with Gasteiger partial charge in [-0.2, -0.15) is 0 Å². The van der Waals surface area contributed by atoms with Crippen LogP contribution in [0.5, 0.6) is 0 Å². The van der Waals surface area contributed by atoms with Crippen LogP contribution in [0.25, 0.3) is 0 Å². The SMILES string of the molecule is CCCCCCCC=CCC=CCCC(=O)CC. The standard InChI is InChI=1S/C17H30O/c1-3-5-6-7-8-9-10-11-12-13-14-15-16-17(18)4-2/h10-11,13-14H,3-9,12,15-16H2,1-2H3. The van der Waals surface area contributed by atoms with Crippen LogP contribution in [0, 0.1) is 0 Å². The third-order valence-electron chi connectivity index (χ3n) is 3.06. The zero-order chi connectivity index (χ0) is 13.5. The van der Waals surface area contributed by atoms with Gasteiger partial charge in [-0.15, -0.1) is 0 Å². The van der Waals surface area contributed by atoms with Gasteiger partial charge in [-0.3, -0.25) is 4.79 Å². The Morgan fingerprint density at radius 3 is 2.17 bits per heavy atom. The Morgan fingerprint density at radius 1 is 0.833 bits per heavy atom. The second-order valence-electron chi connectivity index (χ2n) is 4.81. The van der Waals surface area contributed by atoms with Gasteiger partial charge >= 0.3 is 0 Å². The van der Waals surface area contributed by atoms with Gasteiger partial charge in [0, 0.05) is 12.8 Å². The van der Waals surface area contributed by atoms with Crippen molar-refractivity contribution in [2.45, 2.75) is 78.1 Å². The maximum Gasteiger partial charge on any atom is 0.132 e. The molecule has 0 aromatic carbocycles. The number of rotatable bonds is 12. The minimum Gasteiger partial charge on any atom is -0.300 e. The zero-order valence-electron chi connectivity index (χ0n) is 12.3. The molecule has 0 unspecified atom stereocenters. The molecular weight excluding hydrogens is 220 g/mol. The van der Waals surface area contributed by atoms with Crippen molar-refractivity contribution in [3.05, 3.63) is 24.3 Å². The van der Waals surface area contributed by atoms with Crippen LogP contribution in [0.4, 0.5) is 0 Å². The monoisotopic (exact) mass is 250 g/mol. The molecule has 0 heterocycles. The molecule has 0 aliphatic rings. The van der Waals surface area contributed by atoms with Gasteiger partial charge < -0.3 is 0 Å². The van der Waals surface area contributed by atoms with E-state index in [-0.39, 0.29) is 0 Å². The smallest absolute Gasteiger partial charge is 0.132 e. The highest BCUT2D eigenvalue weighted by Gasteiger charge is 1.93. The average Bonchev–Trinajstić information content (AvgIpc) is 2.39. The summed E-state index contributed by atoms with van der Waals surface area (Å²) < 4.78 is 0. The van der Waals surface area contributed by atoms with Crippen LogP contribution in [-0.4, -0.2) is 5.78 Å². The number of carbonyl (C=O) groups is 1. The molecule has 0 saturated heterocycles. The van der Waals surface area contributed by atoms with Crippen LogP contribution in [0.2, 0.25) is 0 Å². The second kappa shape index (κ2) is 14.2. The Labute approximate surface area is 113 Å². The zero-order valence-corrected chi connectivity index (χ0v) is 12.3. The van der Waals surface area contributed by atoms with Crippen molar-refractivity contribution in [2.24, 2.45) is 0 Å². The molecule has 0 aliphatic heterocycles. The van der Waals surface area contributed by atoms with E-state index >= 15 is 0 Å². The minimum atomic E-state index is 0.363. The summed E-state index contributed by atoms with van der Waals surface area (Å²) in [6, 6.07) is 0. The molecule has 0 aromatic rings. The Balaban J connectivity index is 3.26. The Morgan fingerprint density at radius 2 is 1.50 bits per heavy atom. The molecule has 1 nitrogen and oxygen atoms in total. The molecule has 0 radical (unpaired) electrons. The molecule has 0 atom stereocenters. The van der Waals surface area contributed by atoms with Crippen LogP contribution < -0.4 is 0 Å². The topological polar surface area (TPSA) is 17.1 Å². The van der Waals surface area contributed by atoms with Crippen molar-refractivity contribution in [3.8, 4) is 0 Å². The lowest BCUT2D eigenvalue weighted by Crippen LogP contribution is -1.92. The number of allylic oxidation sites excluding steroid dienone is 4. The third-order valence-corrected chi connectivity index (χ3v) is 3.06. The molecule has 104 valence electrons. The van der Waals surface area contributed by atoms with Crippen LogP contribution in [-0.2, 0) is 4.79 Å². The average molecular weight is 250 g/mol. The fourth-order valence-electron chi connectivity index (χ4n) is 1.79. The summed E-state index contributed by atoms with van der Waals surface area (Å²) in [7, 11) is 0. The van der Waals surface area contributed by atoms with E-state index in [0.29, 0.717) is 18.6 Å². The summed E-state index contributed by atoms with van der Waals surface area (Å²) in [5, 5.41) is 0. The lowest BCUT2D eigenvalue weighted by molar-refractivity contribution is -0.118. The van der Waals surface area contributed by atoms with Crippen LogP contribution in [0.3, 0.4) is 0 Å². The van der Waals surface area contributed by atoms with Crippen LogP contribution in [0.15, 0.2) is 24.3 Å². The van der Waals surface area contributed by atoms with E-state index in [9.17, 15) is 4.79 Å². The van der Waals surface area contributed by atoms with Crippen molar-refractivity contribution in [2.75, 3.05) is 0 Å². The van der Waals surface area contributed by atoms with Crippen molar-refractivity contribution in [1.82, 2.24) is 0 Å². The van der Waals surface area contributed by atoms with Crippen molar-refractivity contribution >= 4 is 5.78 Å². The highest BCUT2D eigenvalue weighted by Crippen LogP contribution is 2.05. The van der Waals surface area contributed by atoms with E-state index in [0.717, 1.165) is 12.8 Å². The van der Waals surface area contributed by atoms with Crippen molar-refractivity contribution < 1.29 is 4.79 Å². The highest BCUT2D eigenvalue weighted by molar-refractivity contribution is 5.78. The summed E-state index contributed by atoms with van der Waals surface area (Å²) in [6.07, 6.45) is 20.1. The fraction of sp³-hybridized carbons (Fsp3) is 0.706. The second-order valence-corrected chi connectivity index (χ2v) is 4.81. The van der Waals surface area contributed by atoms with Gasteiger partial charge in [0.2, 0.25) is 0 Å². The minimum absolute atomic E-state index is 0.363. The van der Waals surface area contributed by atoms with E-state index < -0.39 is 0 Å². The molecule has 18 heavy (non-hydrogen) atoms. The van der Waals surface area contributed by atoms with Gasteiger partial charge in [-0.25, -0.2) is 0 Å². The molecule has 0 fully saturated rings. The third kappa shape index (κ3) is 13.2. The van der Waals surface area contributed by atoms with Crippen LogP contribution in [0.1, 0.15) is 78.1 Å². The van der Waals surface area contributed by atoms with Gasteiger partial charge in [0.1, 0.15) is 5.78 Å². The normalized spacial score (nSPS) is 11.7. The summed E-state index contributed by atoms with van der Waals surface area (Å²) in [6.45, 7) is 4.18. The largest absolute Gasteiger partial charge is 0.300 e. The maximum absolute atomic E-state index is 11.0. The van der Waals surface area contributed by atoms with E-state index in [1.165, 1.54) is 38.5 Å². The summed E-state index contributed by atoms with van der Waals surface area (Å²) in [4.78, 5) is 11.0. The summed E-state index contributed by atoms with van der Waals surface area (Å²) >= 11 is 0. The van der Waals surface area contributed by atoms with Gasteiger partial charge in [-0.1, -0.05) is 63.8 Å². The van der Waals surface area contributed by atoms with Crippen molar-refractivity contribution in [3.63, 3.8) is 0 Å². The molecule has 0 rings (SSSR count). The number of hydrogen-bond acceptors (Lipinski definition) is 1. The Kier molecular flexibility index (Phi) is 13.5. The summed E-state index contributed by atoms with van der Waals surface area (Å²) in [5.41, 5.74) is 0. The molecular formula is C17H30O. The van der Waals surface area contributed by atoms with E-state index in [1.807, 2.05) is 6.92 Å². The number of unbranched alkanes of at least 4 members (excludes halogenated alkanes) is 5. The van der Waals surface area contributed by atoms with Gasteiger partial charge in [-0.05, 0) is 25.7 Å². The molecule has 0 amide bonds. The number of Topliss-reactive ketones (excluding diaryl/α,β-unsaturated/α-hetero) is 1. The fourth-order valence-corrected chi connectivity index (χ4v) is 1.79.